The van der Waals surface area contributed by atoms with E-state index in [1.807, 2.05) is 49.9 Å². The second-order valence-corrected chi connectivity index (χ2v) is 12.5. The molecule has 1 saturated heterocycles. The van der Waals surface area contributed by atoms with Crippen molar-refractivity contribution in [1.29, 1.82) is 0 Å². The van der Waals surface area contributed by atoms with Crippen LogP contribution in [-0.2, 0) is 14.6 Å². The van der Waals surface area contributed by atoms with Gasteiger partial charge in [0.2, 0.25) is 0 Å². The van der Waals surface area contributed by atoms with Crippen LogP contribution < -0.4 is 0 Å². The first-order valence-electron chi connectivity index (χ1n) is 12.1. The molecule has 188 valence electrons. The van der Waals surface area contributed by atoms with Gasteiger partial charge in [0, 0.05) is 37.0 Å². The van der Waals surface area contributed by atoms with Crippen LogP contribution >= 0.6 is 0 Å². The van der Waals surface area contributed by atoms with Gasteiger partial charge < -0.3 is 14.5 Å². The molecule has 2 amide bonds. The molecule has 2 aromatic carbocycles. The van der Waals surface area contributed by atoms with Gasteiger partial charge in [0.1, 0.15) is 5.60 Å². The topological polar surface area (TPSA) is 84.0 Å². The fourth-order valence-electron chi connectivity index (χ4n) is 4.48. The number of hydrogen-bond donors (Lipinski definition) is 0. The van der Waals surface area contributed by atoms with Gasteiger partial charge in [-0.15, -0.1) is 0 Å². The van der Waals surface area contributed by atoms with Crippen LogP contribution in [0.15, 0.2) is 53.4 Å². The number of carbonyl (C=O) groups excluding carboxylic acids is 2. The summed E-state index contributed by atoms with van der Waals surface area (Å²) in [6.45, 7) is 6.75. The van der Waals surface area contributed by atoms with Crippen molar-refractivity contribution < 1.29 is 22.7 Å². The normalized spacial score (nSPS) is 17.2. The Morgan fingerprint density at radius 3 is 1.80 bits per heavy atom. The molecular weight excluding hydrogens is 464 g/mol. The van der Waals surface area contributed by atoms with E-state index in [9.17, 15) is 18.0 Å². The number of nitrogens with zero attached hydrogens (tertiary/aromatic N) is 2. The monoisotopic (exact) mass is 498 g/mol. The molecule has 35 heavy (non-hydrogen) atoms. The number of ether oxygens (including phenoxy) is 1. The highest BCUT2D eigenvalue weighted by Crippen LogP contribution is 2.34. The average Bonchev–Trinajstić information content (AvgIpc) is 3.63. The van der Waals surface area contributed by atoms with E-state index in [2.05, 4.69) is 0 Å². The van der Waals surface area contributed by atoms with E-state index in [1.165, 1.54) is 6.26 Å². The first-order chi connectivity index (χ1) is 16.4. The maximum atomic E-state index is 13.5. The third-order valence-electron chi connectivity index (χ3n) is 6.43. The summed E-state index contributed by atoms with van der Waals surface area (Å²) in [5.74, 6) is 0.0298. The Morgan fingerprint density at radius 1 is 0.857 bits per heavy atom. The molecule has 0 spiro atoms. The minimum atomic E-state index is -3.24. The molecule has 2 aliphatic rings. The number of piperidine rings is 1. The van der Waals surface area contributed by atoms with Gasteiger partial charge in [0.25, 0.3) is 5.91 Å². The Hall–Kier alpha value is -2.87. The third kappa shape index (κ3) is 6.23. The second-order valence-electron chi connectivity index (χ2n) is 10.5. The fraction of sp³-hybridized carbons (Fsp3) is 0.481. The molecule has 2 fully saturated rings. The molecule has 1 aliphatic heterocycles. The van der Waals surface area contributed by atoms with Crippen molar-refractivity contribution in [3.05, 3.63) is 54.1 Å². The van der Waals surface area contributed by atoms with Crippen LogP contribution in [-0.4, -0.2) is 67.2 Å². The van der Waals surface area contributed by atoms with Gasteiger partial charge in [-0.2, -0.15) is 0 Å². The fourth-order valence-corrected chi connectivity index (χ4v) is 5.11. The first-order valence-corrected chi connectivity index (χ1v) is 14.0. The van der Waals surface area contributed by atoms with Crippen molar-refractivity contribution in [2.75, 3.05) is 19.3 Å². The molecule has 7 nitrogen and oxygen atoms in total. The van der Waals surface area contributed by atoms with Gasteiger partial charge in [-0.25, -0.2) is 13.2 Å². The molecule has 0 unspecified atom stereocenters. The highest BCUT2D eigenvalue weighted by molar-refractivity contribution is 7.90. The summed E-state index contributed by atoms with van der Waals surface area (Å²) < 4.78 is 28.9. The van der Waals surface area contributed by atoms with E-state index >= 15 is 0 Å². The van der Waals surface area contributed by atoms with Crippen molar-refractivity contribution >= 4 is 21.8 Å². The van der Waals surface area contributed by atoms with Crippen LogP contribution in [0, 0.1) is 0 Å². The molecule has 2 aromatic rings. The number of benzene rings is 2. The molecule has 0 bridgehead atoms. The van der Waals surface area contributed by atoms with Crippen molar-refractivity contribution in [2.45, 2.75) is 69.0 Å². The quantitative estimate of drug-likeness (QED) is 0.593. The first kappa shape index (κ1) is 25.2. The number of amides is 2. The molecule has 4 rings (SSSR count). The van der Waals surface area contributed by atoms with Gasteiger partial charge in [0.15, 0.2) is 9.84 Å². The predicted octanol–water partition coefficient (Wildman–Crippen LogP) is 4.76. The molecular formula is C27H34N2O5S. The zero-order valence-electron chi connectivity index (χ0n) is 20.9. The highest BCUT2D eigenvalue weighted by Gasteiger charge is 2.39. The van der Waals surface area contributed by atoms with Crippen molar-refractivity contribution in [3.63, 3.8) is 0 Å². The van der Waals surface area contributed by atoms with Crippen molar-refractivity contribution in [2.24, 2.45) is 0 Å². The highest BCUT2D eigenvalue weighted by atomic mass is 32.2. The van der Waals surface area contributed by atoms with Gasteiger partial charge in [-0.3, -0.25) is 4.79 Å². The maximum absolute atomic E-state index is 13.5. The summed E-state index contributed by atoms with van der Waals surface area (Å²) in [6, 6.07) is 14.6. The van der Waals surface area contributed by atoms with E-state index in [0.717, 1.165) is 36.8 Å². The molecule has 0 radical (unpaired) electrons. The second kappa shape index (κ2) is 9.64. The van der Waals surface area contributed by atoms with E-state index in [-0.39, 0.29) is 29.0 Å². The van der Waals surface area contributed by atoms with Gasteiger partial charge in [0.05, 0.1) is 4.90 Å². The predicted molar refractivity (Wildman–Crippen MR) is 135 cm³/mol. The van der Waals surface area contributed by atoms with Crippen LogP contribution in [0.5, 0.6) is 0 Å². The molecule has 0 N–H and O–H groups in total. The number of hydrogen-bond acceptors (Lipinski definition) is 5. The Morgan fingerprint density at radius 2 is 1.34 bits per heavy atom. The maximum Gasteiger partial charge on any atom is 0.410 e. The van der Waals surface area contributed by atoms with E-state index in [4.69, 9.17) is 4.74 Å². The minimum Gasteiger partial charge on any atom is -0.444 e. The lowest BCUT2D eigenvalue weighted by molar-refractivity contribution is 0.0142. The summed E-state index contributed by atoms with van der Waals surface area (Å²) >= 11 is 0. The SMILES string of the molecule is CC(C)(C)OC(=O)N1CCC(N(C(=O)c2ccc(-c3ccc(S(C)(=O)=O)cc3)cc2)C2CC2)CC1. The summed E-state index contributed by atoms with van der Waals surface area (Å²) in [5, 5.41) is 0. The summed E-state index contributed by atoms with van der Waals surface area (Å²) in [6.07, 6.45) is 4.42. The summed E-state index contributed by atoms with van der Waals surface area (Å²) in [7, 11) is -3.24. The number of rotatable bonds is 5. The zero-order chi connectivity index (χ0) is 25.4. The Kier molecular flexibility index (Phi) is 6.95. The van der Waals surface area contributed by atoms with Crippen LogP contribution in [0.3, 0.4) is 0 Å². The summed E-state index contributed by atoms with van der Waals surface area (Å²) in [4.78, 5) is 29.9. The van der Waals surface area contributed by atoms with Crippen LogP contribution in [0.4, 0.5) is 4.79 Å². The number of sulfone groups is 1. The molecule has 8 heteroatoms. The summed E-state index contributed by atoms with van der Waals surface area (Å²) in [5.41, 5.74) is 1.93. The molecule has 1 aliphatic carbocycles. The largest absolute Gasteiger partial charge is 0.444 e. The van der Waals surface area contributed by atoms with Crippen molar-refractivity contribution in [1.82, 2.24) is 9.80 Å². The van der Waals surface area contributed by atoms with Crippen LogP contribution in [0.25, 0.3) is 11.1 Å². The van der Waals surface area contributed by atoms with E-state index in [1.54, 1.807) is 29.2 Å². The van der Waals surface area contributed by atoms with Crippen LogP contribution in [0.2, 0.25) is 0 Å². The number of likely N-dealkylation sites (tertiary alicyclic amines) is 1. The zero-order valence-corrected chi connectivity index (χ0v) is 21.7. The van der Waals surface area contributed by atoms with Gasteiger partial charge in [-0.1, -0.05) is 24.3 Å². The third-order valence-corrected chi connectivity index (χ3v) is 7.56. The molecule has 0 atom stereocenters. The van der Waals surface area contributed by atoms with Crippen LogP contribution in [0.1, 0.15) is 56.8 Å². The lowest BCUT2D eigenvalue weighted by Crippen LogP contribution is -2.50. The number of carbonyl (C=O) groups is 2. The van der Waals surface area contributed by atoms with Crippen molar-refractivity contribution in [3.8, 4) is 11.1 Å². The lowest BCUT2D eigenvalue weighted by atomic mass is 10.0. The van der Waals surface area contributed by atoms with E-state index < -0.39 is 15.4 Å². The van der Waals surface area contributed by atoms with Gasteiger partial charge >= 0.3 is 6.09 Å². The standard InChI is InChI=1S/C27H34N2O5S/c1-27(2,3)34-26(31)28-17-15-23(16-18-28)29(22-11-12-22)25(30)21-7-5-19(6-8-21)20-9-13-24(14-10-20)35(4,32)33/h5-10,13-14,22-23H,11-12,15-18H2,1-4H3. The molecule has 0 aromatic heterocycles. The Labute approximate surface area is 208 Å². The minimum absolute atomic E-state index is 0.0298. The van der Waals surface area contributed by atoms with Gasteiger partial charge in [-0.05, 0) is 81.8 Å². The lowest BCUT2D eigenvalue weighted by Gasteiger charge is -2.39. The smallest absolute Gasteiger partial charge is 0.410 e. The Bertz CT molecular complexity index is 1170. The molecule has 1 saturated carbocycles. The average molecular weight is 499 g/mol. The molecule has 1 heterocycles. The van der Waals surface area contributed by atoms with E-state index in [0.29, 0.717) is 18.7 Å². The Balaban J connectivity index is 1.42.